The fraction of sp³-hybridized carbons (Fsp3) is 0.333. The third-order valence-electron chi connectivity index (χ3n) is 4.29. The van der Waals surface area contributed by atoms with Crippen molar-refractivity contribution in [1.29, 1.82) is 0 Å². The number of para-hydroxylation sites is 1. The molecule has 1 atom stereocenters. The van der Waals surface area contributed by atoms with Gasteiger partial charge in [0.05, 0.1) is 0 Å². The molecule has 0 aliphatic rings. The van der Waals surface area contributed by atoms with Crippen LogP contribution in [0.1, 0.15) is 23.6 Å². The topological polar surface area (TPSA) is 58.6 Å². The maximum Gasteiger partial charge on any atom is 0.261 e. The lowest BCUT2D eigenvalue weighted by Gasteiger charge is -2.28. The second-order valence-electron chi connectivity index (χ2n) is 6.36. The van der Waals surface area contributed by atoms with E-state index in [0.29, 0.717) is 12.3 Å². The van der Waals surface area contributed by atoms with Crippen LogP contribution in [0.15, 0.2) is 48.5 Å². The Balaban J connectivity index is 2.15. The molecule has 0 radical (unpaired) electrons. The van der Waals surface area contributed by atoms with E-state index in [-0.39, 0.29) is 18.4 Å². The third-order valence-corrected chi connectivity index (χ3v) is 4.29. The summed E-state index contributed by atoms with van der Waals surface area (Å²) in [6, 6.07) is 14.9. The number of nitrogens with one attached hydrogen (secondary N) is 1. The lowest BCUT2D eigenvalue weighted by atomic mass is 10.1. The highest BCUT2D eigenvalue weighted by molar-refractivity contribution is 5.87. The Kier molecular flexibility index (Phi) is 6.78. The monoisotopic (exact) mass is 354 g/mol. The molecule has 5 nitrogen and oxygen atoms in total. The van der Waals surface area contributed by atoms with Crippen LogP contribution in [0.5, 0.6) is 5.75 Å². The molecule has 0 aromatic heterocycles. The number of hydrogen-bond donors (Lipinski definition) is 1. The Labute approximate surface area is 155 Å². The molecule has 2 amide bonds. The van der Waals surface area contributed by atoms with E-state index in [0.717, 1.165) is 16.7 Å². The summed E-state index contributed by atoms with van der Waals surface area (Å²) >= 11 is 0. The fourth-order valence-corrected chi connectivity index (χ4v) is 2.74. The number of nitrogens with zero attached hydrogens (tertiary/aromatic N) is 1. The molecule has 2 rings (SSSR count). The number of ether oxygens (including phenoxy) is 1. The Morgan fingerprint density at radius 2 is 1.85 bits per heavy atom. The first-order chi connectivity index (χ1) is 12.4. The van der Waals surface area contributed by atoms with E-state index >= 15 is 0 Å². The minimum Gasteiger partial charge on any atom is -0.484 e. The van der Waals surface area contributed by atoms with Gasteiger partial charge in [0.15, 0.2) is 6.61 Å². The minimum atomic E-state index is -0.589. The first kappa shape index (κ1) is 19.5. The zero-order chi connectivity index (χ0) is 19.1. The largest absolute Gasteiger partial charge is 0.484 e. The predicted molar refractivity (Wildman–Crippen MR) is 102 cm³/mol. The lowest BCUT2D eigenvalue weighted by Crippen LogP contribution is -2.48. The fourth-order valence-electron chi connectivity index (χ4n) is 2.74. The van der Waals surface area contributed by atoms with Gasteiger partial charge in [-0.3, -0.25) is 9.59 Å². The van der Waals surface area contributed by atoms with Crippen LogP contribution < -0.4 is 10.1 Å². The van der Waals surface area contributed by atoms with E-state index in [2.05, 4.69) is 5.32 Å². The third kappa shape index (κ3) is 5.09. The number of hydrogen-bond acceptors (Lipinski definition) is 3. The Hall–Kier alpha value is -2.82. The molecule has 0 saturated heterocycles. The molecule has 0 spiro atoms. The molecule has 0 heterocycles. The van der Waals surface area contributed by atoms with Gasteiger partial charge < -0.3 is 15.0 Å². The average molecular weight is 354 g/mol. The van der Waals surface area contributed by atoms with E-state index in [4.69, 9.17) is 4.74 Å². The van der Waals surface area contributed by atoms with Crippen molar-refractivity contribution in [3.63, 3.8) is 0 Å². The molecule has 0 fully saturated rings. The highest BCUT2D eigenvalue weighted by Gasteiger charge is 2.25. The summed E-state index contributed by atoms with van der Waals surface area (Å²) < 4.78 is 5.68. The van der Waals surface area contributed by atoms with Crippen LogP contribution in [-0.4, -0.2) is 36.4 Å². The predicted octanol–water partition coefficient (Wildman–Crippen LogP) is 2.85. The van der Waals surface area contributed by atoms with Crippen LogP contribution in [0.4, 0.5) is 0 Å². The van der Waals surface area contributed by atoms with Gasteiger partial charge >= 0.3 is 0 Å². The number of carbonyl (C=O) groups excluding carboxylic acids is 2. The van der Waals surface area contributed by atoms with E-state index in [1.165, 1.54) is 0 Å². The highest BCUT2D eigenvalue weighted by atomic mass is 16.5. The standard InChI is InChI=1S/C21H26N2O3/c1-15-8-7-10-18(12-15)13-23(17(3)21(25)22-4)20(24)14-26-19-11-6-5-9-16(19)2/h5-12,17H,13-14H2,1-4H3,(H,22,25). The zero-order valence-electron chi connectivity index (χ0n) is 15.8. The molecule has 138 valence electrons. The molecule has 0 aliphatic heterocycles. The zero-order valence-corrected chi connectivity index (χ0v) is 15.8. The normalized spacial score (nSPS) is 11.5. The second kappa shape index (κ2) is 9.04. The first-order valence-corrected chi connectivity index (χ1v) is 8.67. The summed E-state index contributed by atoms with van der Waals surface area (Å²) in [5, 5.41) is 2.61. The van der Waals surface area contributed by atoms with Crippen LogP contribution in [0.3, 0.4) is 0 Å². The van der Waals surface area contributed by atoms with Crippen molar-refractivity contribution in [2.75, 3.05) is 13.7 Å². The summed E-state index contributed by atoms with van der Waals surface area (Å²) in [5.41, 5.74) is 3.05. The average Bonchev–Trinajstić information content (AvgIpc) is 2.64. The highest BCUT2D eigenvalue weighted by Crippen LogP contribution is 2.17. The molecule has 0 bridgehead atoms. The number of rotatable bonds is 7. The number of aryl methyl sites for hydroxylation is 2. The summed E-state index contributed by atoms with van der Waals surface area (Å²) in [7, 11) is 1.57. The van der Waals surface area contributed by atoms with E-state index < -0.39 is 6.04 Å². The maximum atomic E-state index is 12.8. The summed E-state index contributed by atoms with van der Waals surface area (Å²) in [6.45, 7) is 5.89. The SMILES string of the molecule is CNC(=O)C(C)N(Cc1cccc(C)c1)C(=O)COc1ccccc1C. The summed E-state index contributed by atoms with van der Waals surface area (Å²) in [4.78, 5) is 26.4. The van der Waals surface area contributed by atoms with Crippen LogP contribution in [-0.2, 0) is 16.1 Å². The Bertz CT molecular complexity index is 773. The van der Waals surface area contributed by atoms with Gasteiger partial charge in [-0.25, -0.2) is 0 Å². The molecule has 26 heavy (non-hydrogen) atoms. The van der Waals surface area contributed by atoms with Crippen molar-refractivity contribution in [3.05, 3.63) is 65.2 Å². The maximum absolute atomic E-state index is 12.8. The van der Waals surface area contributed by atoms with Crippen LogP contribution >= 0.6 is 0 Å². The number of likely N-dealkylation sites (N-methyl/N-ethyl adjacent to an activating group) is 1. The van der Waals surface area contributed by atoms with Crippen molar-refractivity contribution >= 4 is 11.8 Å². The van der Waals surface area contributed by atoms with Crippen molar-refractivity contribution in [2.45, 2.75) is 33.4 Å². The molecule has 5 heteroatoms. The van der Waals surface area contributed by atoms with Crippen molar-refractivity contribution < 1.29 is 14.3 Å². The lowest BCUT2D eigenvalue weighted by molar-refractivity contribution is -0.142. The number of carbonyl (C=O) groups is 2. The van der Waals surface area contributed by atoms with Crippen molar-refractivity contribution in [3.8, 4) is 5.75 Å². The van der Waals surface area contributed by atoms with Crippen LogP contribution in [0.2, 0.25) is 0 Å². The molecule has 1 N–H and O–H groups in total. The Morgan fingerprint density at radius 3 is 2.50 bits per heavy atom. The van der Waals surface area contributed by atoms with Gasteiger partial charge in [0, 0.05) is 13.6 Å². The van der Waals surface area contributed by atoms with Crippen molar-refractivity contribution in [2.24, 2.45) is 0 Å². The molecule has 0 aliphatic carbocycles. The van der Waals surface area contributed by atoms with Gasteiger partial charge in [0.2, 0.25) is 5.91 Å². The molecular formula is C21H26N2O3. The molecule has 2 aromatic carbocycles. The van der Waals surface area contributed by atoms with Gasteiger partial charge in [-0.05, 0) is 38.0 Å². The molecular weight excluding hydrogens is 328 g/mol. The quantitative estimate of drug-likeness (QED) is 0.832. The van der Waals surface area contributed by atoms with Crippen LogP contribution in [0, 0.1) is 13.8 Å². The van der Waals surface area contributed by atoms with E-state index in [9.17, 15) is 9.59 Å². The van der Waals surface area contributed by atoms with Gasteiger partial charge in [-0.1, -0.05) is 48.0 Å². The second-order valence-corrected chi connectivity index (χ2v) is 6.36. The first-order valence-electron chi connectivity index (χ1n) is 8.67. The van der Waals surface area contributed by atoms with Gasteiger partial charge in [0.1, 0.15) is 11.8 Å². The summed E-state index contributed by atoms with van der Waals surface area (Å²) in [6.07, 6.45) is 0. The van der Waals surface area contributed by atoms with E-state index in [1.807, 2.05) is 62.4 Å². The van der Waals surface area contributed by atoms with Gasteiger partial charge in [0.25, 0.3) is 5.91 Å². The van der Waals surface area contributed by atoms with E-state index in [1.54, 1.807) is 18.9 Å². The molecule has 2 aromatic rings. The molecule has 1 unspecified atom stereocenters. The number of benzene rings is 2. The minimum absolute atomic E-state index is 0.113. The summed E-state index contributed by atoms with van der Waals surface area (Å²) in [5.74, 6) is 0.233. The van der Waals surface area contributed by atoms with Crippen molar-refractivity contribution in [1.82, 2.24) is 10.2 Å². The van der Waals surface area contributed by atoms with Gasteiger partial charge in [-0.15, -0.1) is 0 Å². The van der Waals surface area contributed by atoms with Crippen LogP contribution in [0.25, 0.3) is 0 Å². The Morgan fingerprint density at radius 1 is 1.12 bits per heavy atom. The molecule has 0 saturated carbocycles. The van der Waals surface area contributed by atoms with Gasteiger partial charge in [-0.2, -0.15) is 0 Å². The smallest absolute Gasteiger partial charge is 0.261 e. The number of amides is 2.